The number of carboxylic acid groups (broad SMARTS) is 1. The first-order valence-corrected chi connectivity index (χ1v) is 8.11. The average molecular weight is 358 g/mol. The van der Waals surface area contributed by atoms with Gasteiger partial charge in [0.15, 0.2) is 11.5 Å². The lowest BCUT2D eigenvalue weighted by Crippen LogP contribution is -2.25. The zero-order chi connectivity index (χ0) is 19.1. The van der Waals surface area contributed by atoms with Gasteiger partial charge in [-0.1, -0.05) is 12.1 Å². The van der Waals surface area contributed by atoms with Crippen LogP contribution in [0, 0.1) is 0 Å². The Bertz CT molecular complexity index is 803. The van der Waals surface area contributed by atoms with E-state index < -0.39 is 11.9 Å². The van der Waals surface area contributed by atoms with Gasteiger partial charge in [-0.2, -0.15) is 0 Å². The van der Waals surface area contributed by atoms with Crippen molar-refractivity contribution in [2.75, 3.05) is 25.6 Å². The number of carbonyl (C=O) groups is 2. The Morgan fingerprint density at radius 3 is 2.15 bits per heavy atom. The molecule has 0 fully saturated rings. The molecule has 1 N–H and O–H groups in total. The molecule has 0 saturated carbocycles. The van der Waals surface area contributed by atoms with Crippen molar-refractivity contribution < 1.29 is 28.9 Å². The molecule has 1 amide bonds. The van der Waals surface area contributed by atoms with Gasteiger partial charge in [-0.05, 0) is 32.0 Å². The molecule has 0 aliphatic heterocycles. The standard InChI is InChI=1S/C19H21NO6/c1-4-25-16-10-13(19(22)23)14(11-17(16)26-5-2)20-18(21)12-8-6-7-9-15(12)24-3/h6-11H,4-5H2,1-3H3,(H,20,21)(H,22,23)/p-1. The Morgan fingerprint density at radius 2 is 1.58 bits per heavy atom. The van der Waals surface area contributed by atoms with E-state index in [4.69, 9.17) is 14.2 Å². The van der Waals surface area contributed by atoms with E-state index in [2.05, 4.69) is 5.32 Å². The van der Waals surface area contributed by atoms with Gasteiger partial charge >= 0.3 is 0 Å². The third-order valence-electron chi connectivity index (χ3n) is 3.50. The fourth-order valence-electron chi connectivity index (χ4n) is 2.39. The summed E-state index contributed by atoms with van der Waals surface area (Å²) < 4.78 is 16.1. The number of amides is 1. The van der Waals surface area contributed by atoms with Crippen LogP contribution in [0.25, 0.3) is 0 Å². The van der Waals surface area contributed by atoms with E-state index in [9.17, 15) is 14.7 Å². The predicted octanol–water partition coefficient (Wildman–Crippen LogP) is 2.11. The molecule has 0 aliphatic carbocycles. The average Bonchev–Trinajstić information content (AvgIpc) is 2.63. The third-order valence-corrected chi connectivity index (χ3v) is 3.50. The number of carboxylic acids is 1. The highest BCUT2D eigenvalue weighted by atomic mass is 16.5. The first kappa shape index (κ1) is 19.1. The molecule has 138 valence electrons. The molecule has 26 heavy (non-hydrogen) atoms. The van der Waals surface area contributed by atoms with Crippen molar-refractivity contribution in [3.05, 3.63) is 47.5 Å². The maximum absolute atomic E-state index is 12.6. The number of carbonyl (C=O) groups excluding carboxylic acids is 2. The highest BCUT2D eigenvalue weighted by Crippen LogP contribution is 2.34. The van der Waals surface area contributed by atoms with Gasteiger partial charge in [0.2, 0.25) is 0 Å². The Balaban J connectivity index is 2.45. The second kappa shape index (κ2) is 8.75. The lowest BCUT2D eigenvalue weighted by atomic mass is 10.1. The summed E-state index contributed by atoms with van der Waals surface area (Å²) >= 11 is 0. The number of nitrogens with one attached hydrogen (secondary N) is 1. The summed E-state index contributed by atoms with van der Waals surface area (Å²) in [5.41, 5.74) is 0.110. The second-order valence-electron chi connectivity index (χ2n) is 5.15. The molecule has 7 nitrogen and oxygen atoms in total. The van der Waals surface area contributed by atoms with Crippen LogP contribution in [0.5, 0.6) is 17.2 Å². The monoisotopic (exact) mass is 358 g/mol. The first-order chi connectivity index (χ1) is 12.5. The molecule has 0 atom stereocenters. The molecule has 0 spiro atoms. The van der Waals surface area contributed by atoms with Crippen molar-refractivity contribution in [1.82, 2.24) is 0 Å². The van der Waals surface area contributed by atoms with Gasteiger partial charge in [-0.25, -0.2) is 0 Å². The van der Waals surface area contributed by atoms with E-state index in [0.29, 0.717) is 24.7 Å². The number of hydrogen-bond acceptors (Lipinski definition) is 6. The minimum absolute atomic E-state index is 0.0489. The summed E-state index contributed by atoms with van der Waals surface area (Å²) in [6.07, 6.45) is 0. The largest absolute Gasteiger partial charge is 0.545 e. The topological polar surface area (TPSA) is 96.9 Å². The fraction of sp³-hybridized carbons (Fsp3) is 0.263. The molecule has 0 saturated heterocycles. The summed E-state index contributed by atoms with van der Waals surface area (Å²) in [7, 11) is 1.45. The highest BCUT2D eigenvalue weighted by molar-refractivity contribution is 6.09. The Hall–Kier alpha value is -3.22. The van der Waals surface area contributed by atoms with Crippen molar-refractivity contribution in [3.8, 4) is 17.2 Å². The number of hydrogen-bond donors (Lipinski definition) is 1. The predicted molar refractivity (Wildman–Crippen MR) is 94.1 cm³/mol. The zero-order valence-corrected chi connectivity index (χ0v) is 14.8. The molecule has 7 heteroatoms. The van der Waals surface area contributed by atoms with Crippen molar-refractivity contribution >= 4 is 17.6 Å². The number of anilines is 1. The minimum atomic E-state index is -1.44. The van der Waals surface area contributed by atoms with E-state index in [1.54, 1.807) is 38.1 Å². The number of benzene rings is 2. The van der Waals surface area contributed by atoms with Gasteiger partial charge < -0.3 is 29.4 Å². The van der Waals surface area contributed by atoms with Gasteiger partial charge in [0.1, 0.15) is 5.75 Å². The van der Waals surface area contributed by atoms with Crippen molar-refractivity contribution in [3.63, 3.8) is 0 Å². The number of rotatable bonds is 8. The van der Waals surface area contributed by atoms with Crippen LogP contribution in [-0.4, -0.2) is 32.2 Å². The van der Waals surface area contributed by atoms with Crippen LogP contribution in [0.15, 0.2) is 36.4 Å². The van der Waals surface area contributed by atoms with Crippen molar-refractivity contribution in [1.29, 1.82) is 0 Å². The van der Waals surface area contributed by atoms with Gasteiger partial charge in [0.25, 0.3) is 5.91 Å². The second-order valence-corrected chi connectivity index (χ2v) is 5.15. The molecule has 2 aromatic rings. The molecule has 0 aliphatic rings. The van der Waals surface area contributed by atoms with E-state index in [-0.39, 0.29) is 22.6 Å². The normalized spacial score (nSPS) is 10.1. The zero-order valence-electron chi connectivity index (χ0n) is 14.8. The third kappa shape index (κ3) is 4.24. The molecular formula is C19H20NO6-. The van der Waals surface area contributed by atoms with E-state index in [1.807, 2.05) is 0 Å². The molecule has 0 aromatic heterocycles. The van der Waals surface area contributed by atoms with Gasteiger partial charge in [0.05, 0.1) is 37.5 Å². The molecule has 2 aromatic carbocycles. The SMILES string of the molecule is CCOc1cc(NC(=O)c2ccccc2OC)c(C(=O)[O-])cc1OCC. The molecule has 0 radical (unpaired) electrons. The Labute approximate surface area is 151 Å². The highest BCUT2D eigenvalue weighted by Gasteiger charge is 2.17. The lowest BCUT2D eigenvalue weighted by molar-refractivity contribution is -0.254. The van der Waals surface area contributed by atoms with Crippen LogP contribution in [0.4, 0.5) is 5.69 Å². The summed E-state index contributed by atoms with van der Waals surface area (Å²) in [5, 5.41) is 14.1. The number of para-hydroxylation sites is 1. The Kier molecular flexibility index (Phi) is 6.43. The van der Waals surface area contributed by atoms with Gasteiger partial charge in [-0.3, -0.25) is 4.79 Å². The van der Waals surface area contributed by atoms with Crippen molar-refractivity contribution in [2.45, 2.75) is 13.8 Å². The van der Waals surface area contributed by atoms with E-state index >= 15 is 0 Å². The smallest absolute Gasteiger partial charge is 0.259 e. The number of ether oxygens (including phenoxy) is 3. The molecule has 0 heterocycles. The summed E-state index contributed by atoms with van der Waals surface area (Å²) in [6.45, 7) is 4.24. The van der Waals surface area contributed by atoms with E-state index in [1.165, 1.54) is 19.2 Å². The summed E-state index contributed by atoms with van der Waals surface area (Å²) in [4.78, 5) is 24.1. The quantitative estimate of drug-likeness (QED) is 0.776. The van der Waals surface area contributed by atoms with Gasteiger partial charge in [-0.15, -0.1) is 0 Å². The van der Waals surface area contributed by atoms with Crippen LogP contribution < -0.4 is 24.6 Å². The molecular weight excluding hydrogens is 338 g/mol. The maximum atomic E-state index is 12.6. The lowest BCUT2D eigenvalue weighted by Gasteiger charge is -2.18. The molecule has 0 bridgehead atoms. The van der Waals surface area contributed by atoms with Crippen LogP contribution in [0.1, 0.15) is 34.6 Å². The number of aromatic carboxylic acids is 1. The molecule has 2 rings (SSSR count). The van der Waals surface area contributed by atoms with Crippen LogP contribution in [0.2, 0.25) is 0 Å². The Morgan fingerprint density at radius 1 is 0.962 bits per heavy atom. The van der Waals surface area contributed by atoms with Crippen LogP contribution in [-0.2, 0) is 0 Å². The van der Waals surface area contributed by atoms with Crippen LogP contribution in [0.3, 0.4) is 0 Å². The first-order valence-electron chi connectivity index (χ1n) is 8.11. The minimum Gasteiger partial charge on any atom is -0.545 e. The maximum Gasteiger partial charge on any atom is 0.259 e. The van der Waals surface area contributed by atoms with E-state index in [0.717, 1.165) is 0 Å². The van der Waals surface area contributed by atoms with Crippen LogP contribution >= 0.6 is 0 Å². The van der Waals surface area contributed by atoms with Gasteiger partial charge in [0, 0.05) is 11.6 Å². The number of methoxy groups -OCH3 is 1. The molecule has 0 unspecified atom stereocenters. The summed E-state index contributed by atoms with van der Waals surface area (Å²) in [6, 6.07) is 9.31. The fourth-order valence-corrected chi connectivity index (χ4v) is 2.39. The van der Waals surface area contributed by atoms with Crippen molar-refractivity contribution in [2.24, 2.45) is 0 Å². The summed E-state index contributed by atoms with van der Waals surface area (Å²) in [5.74, 6) is -0.990.